The summed E-state index contributed by atoms with van der Waals surface area (Å²) in [6.45, 7) is 0.710. The standard InChI is InChI=1S/C21H24N2O2S2/c24-20(21(25)23-11-4-6-16-5-3-8-18(16)23)22-17-7-1-2-9-19(17)27-14-15-10-12-26-13-15/h1-2,7,9-10,12-13,16,18H,3-6,8,11,14H2,(H,22,24)/t16-,18+/m0/s1. The Balaban J connectivity index is 1.42. The molecule has 1 aromatic carbocycles. The predicted molar refractivity (Wildman–Crippen MR) is 111 cm³/mol. The van der Waals surface area contributed by atoms with Gasteiger partial charge >= 0.3 is 11.8 Å². The van der Waals surface area contributed by atoms with E-state index in [9.17, 15) is 9.59 Å². The van der Waals surface area contributed by atoms with Crippen LogP contribution < -0.4 is 5.32 Å². The van der Waals surface area contributed by atoms with Crippen molar-refractivity contribution in [2.24, 2.45) is 5.92 Å². The fraction of sp³-hybridized carbons (Fsp3) is 0.429. The number of likely N-dealkylation sites (tertiary alicyclic amines) is 1. The first kappa shape index (κ1) is 18.6. The van der Waals surface area contributed by atoms with Crippen molar-refractivity contribution in [3.8, 4) is 0 Å². The molecule has 2 fully saturated rings. The van der Waals surface area contributed by atoms with E-state index < -0.39 is 5.91 Å². The Morgan fingerprint density at radius 3 is 2.85 bits per heavy atom. The molecule has 2 amide bonds. The van der Waals surface area contributed by atoms with Crippen molar-refractivity contribution in [3.05, 3.63) is 46.7 Å². The first-order valence-corrected chi connectivity index (χ1v) is 11.5. The monoisotopic (exact) mass is 400 g/mol. The molecule has 4 rings (SSSR count). The van der Waals surface area contributed by atoms with Crippen LogP contribution in [0.15, 0.2) is 46.0 Å². The number of nitrogens with one attached hydrogen (secondary N) is 1. The Morgan fingerprint density at radius 2 is 2.00 bits per heavy atom. The van der Waals surface area contributed by atoms with Crippen LogP contribution in [-0.2, 0) is 15.3 Å². The van der Waals surface area contributed by atoms with Gasteiger partial charge < -0.3 is 10.2 Å². The number of hydrogen-bond acceptors (Lipinski definition) is 4. The number of para-hydroxylation sites is 1. The predicted octanol–water partition coefficient (Wildman–Crippen LogP) is 4.77. The van der Waals surface area contributed by atoms with Gasteiger partial charge in [-0.2, -0.15) is 11.3 Å². The molecular formula is C21H24N2O2S2. The average molecular weight is 401 g/mol. The minimum Gasteiger partial charge on any atom is -0.331 e. The van der Waals surface area contributed by atoms with Gasteiger partial charge in [-0.1, -0.05) is 18.6 Å². The van der Waals surface area contributed by atoms with Crippen molar-refractivity contribution in [1.82, 2.24) is 4.90 Å². The van der Waals surface area contributed by atoms with Gasteiger partial charge in [-0.15, -0.1) is 11.8 Å². The van der Waals surface area contributed by atoms with Crippen LogP contribution in [0.25, 0.3) is 0 Å². The smallest absolute Gasteiger partial charge is 0.313 e. The van der Waals surface area contributed by atoms with E-state index in [1.54, 1.807) is 23.1 Å². The molecular weight excluding hydrogens is 376 g/mol. The second-order valence-corrected chi connectivity index (χ2v) is 9.07. The van der Waals surface area contributed by atoms with Crippen LogP contribution >= 0.6 is 23.1 Å². The molecule has 1 aliphatic carbocycles. The maximum atomic E-state index is 12.8. The van der Waals surface area contributed by atoms with Crippen molar-refractivity contribution in [2.75, 3.05) is 11.9 Å². The topological polar surface area (TPSA) is 49.4 Å². The van der Waals surface area contributed by atoms with Gasteiger partial charge in [0.15, 0.2) is 0 Å². The van der Waals surface area contributed by atoms with Gasteiger partial charge in [0.05, 0.1) is 5.69 Å². The highest BCUT2D eigenvalue weighted by atomic mass is 32.2. The highest BCUT2D eigenvalue weighted by Gasteiger charge is 2.39. The Kier molecular flexibility index (Phi) is 5.83. The maximum Gasteiger partial charge on any atom is 0.313 e. The number of rotatable bonds is 4. The number of piperidine rings is 1. The van der Waals surface area contributed by atoms with Gasteiger partial charge in [0.1, 0.15) is 0 Å². The number of thiophene rings is 1. The third kappa shape index (κ3) is 4.22. The molecule has 1 N–H and O–H groups in total. The molecule has 2 aromatic rings. The van der Waals surface area contributed by atoms with Crippen LogP contribution in [-0.4, -0.2) is 29.3 Å². The SMILES string of the molecule is O=C(Nc1ccccc1SCc1ccsc1)C(=O)N1CCC[C@@H]2CCC[C@H]21. The summed E-state index contributed by atoms with van der Waals surface area (Å²) in [5.41, 5.74) is 1.99. The normalized spacial score (nSPS) is 21.7. The number of anilines is 1. The van der Waals surface area contributed by atoms with Crippen LogP contribution in [0.2, 0.25) is 0 Å². The zero-order chi connectivity index (χ0) is 18.6. The third-order valence-electron chi connectivity index (χ3n) is 5.56. The van der Waals surface area contributed by atoms with Crippen LogP contribution in [0, 0.1) is 5.92 Å². The van der Waals surface area contributed by atoms with Gasteiger partial charge in [0.2, 0.25) is 0 Å². The van der Waals surface area contributed by atoms with Crippen molar-refractivity contribution >= 4 is 40.6 Å². The summed E-state index contributed by atoms with van der Waals surface area (Å²) in [5.74, 6) is 0.555. The van der Waals surface area contributed by atoms with E-state index in [1.165, 1.54) is 24.8 Å². The number of hydrogen-bond donors (Lipinski definition) is 1. The minimum absolute atomic E-state index is 0.264. The first-order chi connectivity index (χ1) is 13.2. The molecule has 2 atom stereocenters. The number of benzene rings is 1. The van der Waals surface area contributed by atoms with E-state index >= 15 is 0 Å². The van der Waals surface area contributed by atoms with Crippen LogP contribution in [0.4, 0.5) is 5.69 Å². The number of carbonyl (C=O) groups excluding carboxylic acids is 2. The Labute approximate surface area is 168 Å². The second kappa shape index (κ2) is 8.48. The summed E-state index contributed by atoms with van der Waals surface area (Å²) in [7, 11) is 0. The lowest BCUT2D eigenvalue weighted by Crippen LogP contribution is -2.50. The molecule has 1 aliphatic heterocycles. The Hall–Kier alpha value is -1.79. The lowest BCUT2D eigenvalue weighted by Gasteiger charge is -2.37. The Bertz CT molecular complexity index is 806. The maximum absolute atomic E-state index is 12.8. The van der Waals surface area contributed by atoms with Crippen molar-refractivity contribution < 1.29 is 9.59 Å². The summed E-state index contributed by atoms with van der Waals surface area (Å²) >= 11 is 3.36. The molecule has 2 heterocycles. The molecule has 0 bridgehead atoms. The molecule has 0 spiro atoms. The molecule has 1 saturated heterocycles. The molecule has 142 valence electrons. The fourth-order valence-corrected chi connectivity index (χ4v) is 5.97. The zero-order valence-electron chi connectivity index (χ0n) is 15.2. The molecule has 2 aliphatic rings. The van der Waals surface area contributed by atoms with Crippen LogP contribution in [0.5, 0.6) is 0 Å². The molecule has 6 heteroatoms. The van der Waals surface area contributed by atoms with Gasteiger partial charge in [-0.05, 0) is 66.1 Å². The molecule has 4 nitrogen and oxygen atoms in total. The number of fused-ring (bicyclic) bond motifs is 1. The summed E-state index contributed by atoms with van der Waals surface area (Å²) < 4.78 is 0. The number of nitrogens with zero attached hydrogens (tertiary/aromatic N) is 1. The van der Waals surface area contributed by atoms with Crippen molar-refractivity contribution in [3.63, 3.8) is 0 Å². The van der Waals surface area contributed by atoms with Crippen LogP contribution in [0.1, 0.15) is 37.7 Å². The highest BCUT2D eigenvalue weighted by molar-refractivity contribution is 7.98. The number of thioether (sulfide) groups is 1. The van der Waals surface area contributed by atoms with Crippen molar-refractivity contribution in [1.29, 1.82) is 0 Å². The first-order valence-electron chi connectivity index (χ1n) is 9.57. The second-order valence-electron chi connectivity index (χ2n) is 7.27. The van der Waals surface area contributed by atoms with Gasteiger partial charge in [-0.25, -0.2) is 0 Å². The lowest BCUT2D eigenvalue weighted by atomic mass is 9.92. The van der Waals surface area contributed by atoms with E-state index in [2.05, 4.69) is 22.1 Å². The lowest BCUT2D eigenvalue weighted by molar-refractivity contribution is -0.146. The number of amides is 2. The Morgan fingerprint density at radius 1 is 1.15 bits per heavy atom. The van der Waals surface area contributed by atoms with Crippen molar-refractivity contribution in [2.45, 2.75) is 48.8 Å². The molecule has 0 unspecified atom stereocenters. The molecule has 0 radical (unpaired) electrons. The van der Waals surface area contributed by atoms with Crippen LogP contribution in [0.3, 0.4) is 0 Å². The molecule has 27 heavy (non-hydrogen) atoms. The third-order valence-corrected chi connectivity index (χ3v) is 7.43. The number of carbonyl (C=O) groups is 2. The summed E-state index contributed by atoms with van der Waals surface area (Å²) in [6.07, 6.45) is 5.60. The van der Waals surface area contributed by atoms with E-state index in [0.717, 1.165) is 29.2 Å². The summed E-state index contributed by atoms with van der Waals surface area (Å²) in [6, 6.07) is 10.1. The van der Waals surface area contributed by atoms with E-state index in [0.29, 0.717) is 12.5 Å². The van der Waals surface area contributed by atoms with E-state index in [4.69, 9.17) is 0 Å². The fourth-order valence-electron chi connectivity index (χ4n) is 4.24. The quantitative estimate of drug-likeness (QED) is 0.594. The van der Waals surface area contributed by atoms with Gasteiger partial charge in [0.25, 0.3) is 0 Å². The summed E-state index contributed by atoms with van der Waals surface area (Å²) in [5, 5.41) is 7.07. The summed E-state index contributed by atoms with van der Waals surface area (Å²) in [4.78, 5) is 28.3. The minimum atomic E-state index is -0.508. The van der Waals surface area contributed by atoms with E-state index in [1.807, 2.05) is 29.2 Å². The molecule has 1 aromatic heterocycles. The zero-order valence-corrected chi connectivity index (χ0v) is 16.9. The molecule has 1 saturated carbocycles. The van der Waals surface area contributed by atoms with E-state index in [-0.39, 0.29) is 11.9 Å². The highest BCUT2D eigenvalue weighted by Crippen LogP contribution is 2.37. The van der Waals surface area contributed by atoms with Gasteiger partial charge in [0, 0.05) is 23.2 Å². The average Bonchev–Trinajstić information content (AvgIpc) is 3.38. The largest absolute Gasteiger partial charge is 0.331 e. The van der Waals surface area contributed by atoms with Gasteiger partial charge in [-0.3, -0.25) is 9.59 Å².